The SMILES string of the molecule is c1ccc(CN[C@@H]2CO[C@@H]3[C@@H]2OC[C@@H]3n2nnnc2Oc2ccc3c(c2)OCO3)cc1. The van der Waals surface area contributed by atoms with Crippen molar-refractivity contribution < 1.29 is 23.7 Å². The third-order valence-corrected chi connectivity index (χ3v) is 5.77. The number of benzene rings is 2. The molecule has 10 heteroatoms. The first-order valence-electron chi connectivity index (χ1n) is 10.2. The molecule has 4 atom stereocenters. The van der Waals surface area contributed by atoms with Gasteiger partial charge in [0, 0.05) is 12.6 Å². The van der Waals surface area contributed by atoms with E-state index in [1.165, 1.54) is 5.56 Å². The van der Waals surface area contributed by atoms with Gasteiger partial charge < -0.3 is 29.0 Å². The zero-order chi connectivity index (χ0) is 20.6. The smallest absolute Gasteiger partial charge is 0.341 e. The molecule has 4 heterocycles. The van der Waals surface area contributed by atoms with Crippen LogP contribution in [-0.2, 0) is 16.0 Å². The van der Waals surface area contributed by atoms with Gasteiger partial charge in [0.05, 0.1) is 19.3 Å². The van der Waals surface area contributed by atoms with Gasteiger partial charge in [0.1, 0.15) is 24.0 Å². The zero-order valence-electron chi connectivity index (χ0n) is 16.6. The number of fused-ring (bicyclic) bond motifs is 2. The van der Waals surface area contributed by atoms with Crippen LogP contribution in [0.25, 0.3) is 0 Å². The molecule has 2 saturated heterocycles. The molecule has 0 bridgehead atoms. The average molecular weight is 423 g/mol. The molecular formula is C21H21N5O5. The number of ether oxygens (including phenoxy) is 5. The molecule has 2 fully saturated rings. The van der Waals surface area contributed by atoms with Crippen LogP contribution in [0.5, 0.6) is 23.3 Å². The minimum Gasteiger partial charge on any atom is -0.454 e. The zero-order valence-corrected chi connectivity index (χ0v) is 16.6. The minimum atomic E-state index is -0.174. The molecule has 3 aromatic rings. The Morgan fingerprint density at radius 3 is 2.81 bits per heavy atom. The summed E-state index contributed by atoms with van der Waals surface area (Å²) in [4.78, 5) is 0. The number of nitrogens with one attached hydrogen (secondary N) is 1. The first-order chi connectivity index (χ1) is 15.3. The highest BCUT2D eigenvalue weighted by Crippen LogP contribution is 2.38. The van der Waals surface area contributed by atoms with Crippen molar-refractivity contribution in [2.75, 3.05) is 20.0 Å². The number of aromatic nitrogens is 4. The lowest BCUT2D eigenvalue weighted by molar-refractivity contribution is 0.0611. The quantitative estimate of drug-likeness (QED) is 0.635. The van der Waals surface area contributed by atoms with Crippen molar-refractivity contribution in [3.63, 3.8) is 0 Å². The second-order valence-electron chi connectivity index (χ2n) is 7.66. The summed E-state index contributed by atoms with van der Waals surface area (Å²) in [5.74, 6) is 1.88. The molecule has 0 aliphatic carbocycles. The Labute approximate surface area is 178 Å². The summed E-state index contributed by atoms with van der Waals surface area (Å²) in [5.41, 5.74) is 1.22. The molecule has 3 aliphatic rings. The van der Waals surface area contributed by atoms with Crippen molar-refractivity contribution in [2.45, 2.75) is 30.8 Å². The van der Waals surface area contributed by atoms with Crippen molar-refractivity contribution in [3.8, 4) is 23.3 Å². The van der Waals surface area contributed by atoms with Gasteiger partial charge in [0.25, 0.3) is 0 Å². The third kappa shape index (κ3) is 3.48. The van der Waals surface area contributed by atoms with Gasteiger partial charge in [-0.1, -0.05) is 35.4 Å². The molecule has 3 aliphatic heterocycles. The van der Waals surface area contributed by atoms with E-state index in [0.717, 1.165) is 6.54 Å². The van der Waals surface area contributed by atoms with E-state index in [-0.39, 0.29) is 37.1 Å². The number of rotatable bonds is 6. The van der Waals surface area contributed by atoms with Gasteiger partial charge in [-0.25, -0.2) is 0 Å². The first kappa shape index (κ1) is 18.6. The van der Waals surface area contributed by atoms with Crippen molar-refractivity contribution in [1.82, 2.24) is 25.5 Å². The second-order valence-corrected chi connectivity index (χ2v) is 7.66. The summed E-state index contributed by atoms with van der Waals surface area (Å²) < 4.78 is 30.5. The highest BCUT2D eigenvalue weighted by atomic mass is 16.7. The van der Waals surface area contributed by atoms with Crippen LogP contribution >= 0.6 is 0 Å². The van der Waals surface area contributed by atoms with Crippen LogP contribution in [-0.4, -0.2) is 58.5 Å². The molecular weight excluding hydrogens is 402 g/mol. The summed E-state index contributed by atoms with van der Waals surface area (Å²) in [5, 5.41) is 15.5. The largest absolute Gasteiger partial charge is 0.454 e. The van der Waals surface area contributed by atoms with E-state index in [2.05, 4.69) is 33.0 Å². The van der Waals surface area contributed by atoms with Crippen LogP contribution in [0.3, 0.4) is 0 Å². The normalized spacial score (nSPS) is 26.2. The first-order valence-corrected chi connectivity index (χ1v) is 10.2. The van der Waals surface area contributed by atoms with E-state index in [0.29, 0.717) is 30.5 Å². The Kier molecular flexibility index (Phi) is 4.67. The van der Waals surface area contributed by atoms with Crippen LogP contribution < -0.4 is 19.5 Å². The molecule has 0 amide bonds. The monoisotopic (exact) mass is 423 g/mol. The third-order valence-electron chi connectivity index (χ3n) is 5.77. The molecule has 6 rings (SSSR count). The standard InChI is InChI=1S/C21H21N5O5/c1-2-4-13(5-3-1)9-22-15-10-27-20-16(11-28-19(15)20)26-21(23-24-25-26)31-14-6-7-17-18(8-14)30-12-29-17/h1-8,15-16,19-20,22H,9-12H2/t15-,16+,19-,20+/m1/s1. The van der Waals surface area contributed by atoms with Gasteiger partial charge in [-0.15, -0.1) is 0 Å². The highest BCUT2D eigenvalue weighted by Gasteiger charge is 2.49. The molecule has 31 heavy (non-hydrogen) atoms. The molecule has 2 aromatic carbocycles. The predicted molar refractivity (Wildman–Crippen MR) is 106 cm³/mol. The van der Waals surface area contributed by atoms with E-state index in [1.807, 2.05) is 18.2 Å². The fourth-order valence-electron chi connectivity index (χ4n) is 4.22. The molecule has 0 unspecified atom stereocenters. The highest BCUT2D eigenvalue weighted by molar-refractivity contribution is 5.47. The van der Waals surface area contributed by atoms with Crippen LogP contribution in [0.15, 0.2) is 48.5 Å². The van der Waals surface area contributed by atoms with Gasteiger partial charge in [0.2, 0.25) is 6.79 Å². The van der Waals surface area contributed by atoms with Gasteiger partial charge in [-0.05, 0) is 28.1 Å². The Hall–Kier alpha value is -3.21. The lowest BCUT2D eigenvalue weighted by atomic mass is 10.1. The van der Waals surface area contributed by atoms with Gasteiger partial charge in [-0.2, -0.15) is 4.68 Å². The maximum Gasteiger partial charge on any atom is 0.341 e. The van der Waals surface area contributed by atoms with Gasteiger partial charge in [0.15, 0.2) is 11.5 Å². The van der Waals surface area contributed by atoms with Crippen LogP contribution in [0, 0.1) is 0 Å². The Balaban J connectivity index is 1.14. The van der Waals surface area contributed by atoms with Crippen molar-refractivity contribution in [2.24, 2.45) is 0 Å². The van der Waals surface area contributed by atoms with E-state index >= 15 is 0 Å². The van der Waals surface area contributed by atoms with E-state index in [4.69, 9.17) is 23.7 Å². The second kappa shape index (κ2) is 7.80. The molecule has 160 valence electrons. The summed E-state index contributed by atoms with van der Waals surface area (Å²) in [6.07, 6.45) is -0.229. The van der Waals surface area contributed by atoms with Gasteiger partial charge in [-0.3, -0.25) is 0 Å². The van der Waals surface area contributed by atoms with Gasteiger partial charge >= 0.3 is 6.01 Å². The Bertz CT molecular complexity index is 1060. The number of tetrazole rings is 1. The molecule has 0 radical (unpaired) electrons. The number of nitrogens with zero attached hydrogens (tertiary/aromatic N) is 4. The van der Waals surface area contributed by atoms with Crippen molar-refractivity contribution in [1.29, 1.82) is 0 Å². The Morgan fingerprint density at radius 1 is 1.00 bits per heavy atom. The minimum absolute atomic E-state index is 0.0729. The molecule has 10 nitrogen and oxygen atoms in total. The number of hydrogen-bond donors (Lipinski definition) is 1. The summed E-state index contributed by atoms with van der Waals surface area (Å²) in [6.45, 7) is 1.98. The van der Waals surface area contributed by atoms with Crippen LogP contribution in [0.2, 0.25) is 0 Å². The van der Waals surface area contributed by atoms with Crippen LogP contribution in [0.1, 0.15) is 11.6 Å². The molecule has 0 spiro atoms. The fraction of sp³-hybridized carbons (Fsp3) is 0.381. The van der Waals surface area contributed by atoms with Crippen LogP contribution in [0.4, 0.5) is 0 Å². The number of hydrogen-bond acceptors (Lipinski definition) is 9. The Morgan fingerprint density at radius 2 is 1.87 bits per heavy atom. The van der Waals surface area contributed by atoms with E-state index < -0.39 is 0 Å². The maximum atomic E-state index is 6.08. The van der Waals surface area contributed by atoms with E-state index in [1.54, 1.807) is 22.9 Å². The lowest BCUT2D eigenvalue weighted by Gasteiger charge is -2.18. The molecule has 1 N–H and O–H groups in total. The predicted octanol–water partition coefficient (Wildman–Crippen LogP) is 1.69. The topological polar surface area (TPSA) is 102 Å². The fourth-order valence-corrected chi connectivity index (χ4v) is 4.22. The van der Waals surface area contributed by atoms with Crippen molar-refractivity contribution in [3.05, 3.63) is 54.1 Å². The maximum absolute atomic E-state index is 6.08. The molecule has 0 saturated carbocycles. The summed E-state index contributed by atoms with van der Waals surface area (Å²) in [6, 6.07) is 15.8. The average Bonchev–Trinajstić information content (AvgIpc) is 3.58. The lowest BCUT2D eigenvalue weighted by Crippen LogP contribution is -2.40. The van der Waals surface area contributed by atoms with E-state index in [9.17, 15) is 0 Å². The molecule has 1 aromatic heterocycles. The summed E-state index contributed by atoms with van der Waals surface area (Å²) >= 11 is 0. The van der Waals surface area contributed by atoms with Crippen molar-refractivity contribution >= 4 is 0 Å². The summed E-state index contributed by atoms with van der Waals surface area (Å²) in [7, 11) is 0.